The summed E-state index contributed by atoms with van der Waals surface area (Å²) in [6, 6.07) is -1.59. The van der Waals surface area contributed by atoms with Crippen molar-refractivity contribution in [2.24, 2.45) is 11.3 Å². The normalized spacial score (nSPS) is 23.1. The van der Waals surface area contributed by atoms with Crippen molar-refractivity contribution in [3.63, 3.8) is 0 Å². The van der Waals surface area contributed by atoms with Gasteiger partial charge in [0.2, 0.25) is 23.6 Å². The molecule has 3 fully saturated rings. The predicted molar refractivity (Wildman–Crippen MR) is 186 cm³/mol. The quantitative estimate of drug-likeness (QED) is 0.231. The van der Waals surface area contributed by atoms with Crippen molar-refractivity contribution >= 4 is 23.6 Å². The Morgan fingerprint density at radius 2 is 1.57 bits per heavy atom. The van der Waals surface area contributed by atoms with Crippen LogP contribution in [0.5, 0.6) is 0 Å². The van der Waals surface area contributed by atoms with Gasteiger partial charge in [0.15, 0.2) is 0 Å². The molecule has 0 aromatic heterocycles. The molecule has 3 aliphatic heterocycles. The molecule has 0 aromatic carbocycles. The van der Waals surface area contributed by atoms with Gasteiger partial charge in [-0.2, -0.15) is 0 Å². The second-order valence-electron chi connectivity index (χ2n) is 15.4. The lowest BCUT2D eigenvalue weighted by atomic mass is 9.84. The zero-order valence-electron chi connectivity index (χ0n) is 30.8. The SMILES string of the molecule is CC(=C[C@H](C(C)C)N(C)C(=O)[C@@H](NC(=O)[C@H]1CCCCN1C(C)C)C(C)(C)C)C(=O)N1CCC[C@H]1C(=O)NCCCN1CCOCC1. The number of piperidine rings is 1. The van der Waals surface area contributed by atoms with E-state index in [1.54, 1.807) is 23.8 Å². The lowest BCUT2D eigenvalue weighted by Crippen LogP contribution is -2.60. The summed E-state index contributed by atoms with van der Waals surface area (Å²) in [7, 11) is 1.76. The highest BCUT2D eigenvalue weighted by Gasteiger charge is 2.40. The first-order valence-electron chi connectivity index (χ1n) is 18.0. The van der Waals surface area contributed by atoms with Crippen LogP contribution < -0.4 is 10.6 Å². The molecule has 0 saturated carbocycles. The van der Waals surface area contributed by atoms with Crippen molar-refractivity contribution < 1.29 is 23.9 Å². The zero-order chi connectivity index (χ0) is 34.9. The van der Waals surface area contributed by atoms with Crippen molar-refractivity contribution in [1.29, 1.82) is 0 Å². The van der Waals surface area contributed by atoms with Gasteiger partial charge in [0.1, 0.15) is 12.1 Å². The first-order chi connectivity index (χ1) is 22.1. The number of carbonyl (C=O) groups excluding carboxylic acids is 4. The van der Waals surface area contributed by atoms with Crippen molar-refractivity contribution in [2.45, 2.75) is 124 Å². The zero-order valence-corrected chi connectivity index (χ0v) is 30.8. The van der Waals surface area contributed by atoms with Crippen LogP contribution in [0.25, 0.3) is 0 Å². The Hall–Kier alpha value is -2.50. The Balaban J connectivity index is 1.67. The van der Waals surface area contributed by atoms with Crippen LogP contribution in [0, 0.1) is 11.3 Å². The summed E-state index contributed by atoms with van der Waals surface area (Å²) in [5.41, 5.74) is -0.00579. The van der Waals surface area contributed by atoms with Crippen molar-refractivity contribution in [3.8, 4) is 0 Å². The highest BCUT2D eigenvalue weighted by atomic mass is 16.5. The van der Waals surface area contributed by atoms with Crippen LogP contribution in [-0.4, -0.2) is 133 Å². The molecular weight excluding hydrogens is 596 g/mol. The van der Waals surface area contributed by atoms with Crippen LogP contribution in [0.1, 0.15) is 93.9 Å². The fourth-order valence-electron chi connectivity index (χ4n) is 7.14. The van der Waals surface area contributed by atoms with Crippen LogP contribution in [0.15, 0.2) is 11.6 Å². The van der Waals surface area contributed by atoms with Crippen molar-refractivity contribution in [2.75, 3.05) is 59.5 Å². The third kappa shape index (κ3) is 10.7. The summed E-state index contributed by atoms with van der Waals surface area (Å²) < 4.78 is 5.41. The Labute approximate surface area is 284 Å². The average Bonchev–Trinajstić information content (AvgIpc) is 3.53. The van der Waals surface area contributed by atoms with Gasteiger partial charge in [-0.15, -0.1) is 0 Å². The average molecular weight is 661 g/mol. The van der Waals surface area contributed by atoms with Crippen LogP contribution in [0.4, 0.5) is 0 Å². The van der Waals surface area contributed by atoms with Gasteiger partial charge in [-0.25, -0.2) is 0 Å². The standard InChI is InChI=1S/C36H64N6O5/c1-25(2)30(39(9)35(46)31(36(6,7)8)38-33(44)29-14-10-11-18-41(29)26(3)4)24-27(5)34(45)42-19-12-15-28(42)32(43)37-16-13-17-40-20-22-47-23-21-40/h24-26,28-31H,10-23H2,1-9H3,(H,37,43)(H,38,44)/t28-,29+,30+,31+/m0/s1. The van der Waals surface area contributed by atoms with Crippen molar-refractivity contribution in [1.82, 2.24) is 30.2 Å². The summed E-state index contributed by atoms with van der Waals surface area (Å²) >= 11 is 0. The molecule has 4 amide bonds. The summed E-state index contributed by atoms with van der Waals surface area (Å²) in [6.07, 6.45) is 7.00. The molecule has 11 heteroatoms. The number of likely N-dealkylation sites (N-methyl/N-ethyl adjacent to an activating group) is 1. The number of hydrogen-bond acceptors (Lipinski definition) is 7. The van der Waals surface area contributed by atoms with Crippen LogP contribution in [0.2, 0.25) is 0 Å². The third-order valence-electron chi connectivity index (χ3n) is 10.0. The molecule has 3 saturated heterocycles. The number of rotatable bonds is 13. The molecule has 2 N–H and O–H groups in total. The molecule has 3 aliphatic rings. The number of nitrogens with one attached hydrogen (secondary N) is 2. The molecule has 4 atom stereocenters. The minimum Gasteiger partial charge on any atom is -0.379 e. The number of carbonyl (C=O) groups is 4. The molecule has 268 valence electrons. The summed E-state index contributed by atoms with van der Waals surface area (Å²) in [5.74, 6) is -0.529. The number of amides is 4. The maximum atomic E-state index is 14.2. The van der Waals surface area contributed by atoms with Crippen LogP contribution in [0.3, 0.4) is 0 Å². The number of ether oxygens (including phenoxy) is 1. The van der Waals surface area contributed by atoms with Gasteiger partial charge in [-0.1, -0.05) is 47.1 Å². The maximum Gasteiger partial charge on any atom is 0.249 e. The van der Waals surface area contributed by atoms with Gasteiger partial charge < -0.3 is 25.2 Å². The van der Waals surface area contributed by atoms with Crippen LogP contribution >= 0.6 is 0 Å². The van der Waals surface area contributed by atoms with Gasteiger partial charge in [-0.05, 0) is 77.3 Å². The fourth-order valence-corrected chi connectivity index (χ4v) is 7.14. The fraction of sp³-hybridized carbons (Fsp3) is 0.833. The Bertz CT molecular complexity index is 1100. The third-order valence-corrected chi connectivity index (χ3v) is 10.0. The van der Waals surface area contributed by atoms with Gasteiger partial charge in [0.25, 0.3) is 0 Å². The second kappa shape index (κ2) is 17.8. The van der Waals surface area contributed by atoms with E-state index in [0.717, 1.165) is 71.5 Å². The molecular formula is C36H64N6O5. The van der Waals surface area contributed by atoms with E-state index >= 15 is 0 Å². The molecule has 3 rings (SSSR count). The molecule has 3 heterocycles. The predicted octanol–water partition coefficient (Wildman–Crippen LogP) is 3.04. The topological polar surface area (TPSA) is 115 Å². The van der Waals surface area contributed by atoms with Gasteiger partial charge in [0, 0.05) is 44.8 Å². The molecule has 0 aliphatic carbocycles. The van der Waals surface area contributed by atoms with E-state index < -0.39 is 17.5 Å². The lowest BCUT2D eigenvalue weighted by molar-refractivity contribution is -0.142. The van der Waals surface area contributed by atoms with Crippen molar-refractivity contribution in [3.05, 3.63) is 11.6 Å². The van der Waals surface area contributed by atoms with Gasteiger partial charge in [0.05, 0.1) is 25.3 Å². The minimum atomic E-state index is -0.725. The Morgan fingerprint density at radius 1 is 0.915 bits per heavy atom. The molecule has 47 heavy (non-hydrogen) atoms. The number of morpholine rings is 1. The molecule has 0 aromatic rings. The maximum absolute atomic E-state index is 14.2. The summed E-state index contributed by atoms with van der Waals surface area (Å²) in [5, 5.41) is 6.20. The van der Waals surface area contributed by atoms with E-state index in [2.05, 4.69) is 34.3 Å². The lowest BCUT2D eigenvalue weighted by Gasteiger charge is -2.41. The number of hydrogen-bond donors (Lipinski definition) is 2. The highest BCUT2D eigenvalue weighted by Crippen LogP contribution is 2.27. The second-order valence-corrected chi connectivity index (χ2v) is 15.4. The van der Waals surface area contributed by atoms with E-state index in [-0.39, 0.29) is 47.7 Å². The number of likely N-dealkylation sites (tertiary alicyclic amines) is 2. The minimum absolute atomic E-state index is 0.0157. The monoisotopic (exact) mass is 660 g/mol. The molecule has 0 bridgehead atoms. The summed E-state index contributed by atoms with van der Waals surface area (Å²) in [4.78, 5) is 62.6. The van der Waals surface area contributed by atoms with E-state index in [1.807, 2.05) is 40.7 Å². The molecule has 11 nitrogen and oxygen atoms in total. The molecule has 0 spiro atoms. The smallest absolute Gasteiger partial charge is 0.249 e. The van der Waals surface area contributed by atoms with Gasteiger partial charge >= 0.3 is 0 Å². The largest absolute Gasteiger partial charge is 0.379 e. The Morgan fingerprint density at radius 3 is 2.19 bits per heavy atom. The molecule has 0 radical (unpaired) electrons. The van der Waals surface area contributed by atoms with Gasteiger partial charge in [-0.3, -0.25) is 29.0 Å². The van der Waals surface area contributed by atoms with Crippen LogP contribution in [-0.2, 0) is 23.9 Å². The Kier molecular flexibility index (Phi) is 14.7. The number of nitrogens with zero attached hydrogens (tertiary/aromatic N) is 4. The molecule has 0 unspecified atom stereocenters. The highest BCUT2D eigenvalue weighted by molar-refractivity contribution is 5.97. The van der Waals surface area contributed by atoms with E-state index in [9.17, 15) is 19.2 Å². The summed E-state index contributed by atoms with van der Waals surface area (Å²) in [6.45, 7) is 22.2. The first kappa shape index (κ1) is 38.9. The van der Waals surface area contributed by atoms with E-state index in [0.29, 0.717) is 25.1 Å². The van der Waals surface area contributed by atoms with E-state index in [4.69, 9.17) is 4.74 Å². The van der Waals surface area contributed by atoms with E-state index in [1.165, 1.54) is 0 Å². The first-order valence-corrected chi connectivity index (χ1v) is 18.0.